The predicted octanol–water partition coefficient (Wildman–Crippen LogP) is 2.61. The lowest BCUT2D eigenvalue weighted by molar-refractivity contribution is 0.153. The molecule has 19 heavy (non-hydrogen) atoms. The maximum Gasteiger partial charge on any atom is 0.255 e. The quantitative estimate of drug-likeness (QED) is 0.903. The highest BCUT2D eigenvalue weighted by Gasteiger charge is 2.15. The highest BCUT2D eigenvalue weighted by Crippen LogP contribution is 2.27. The monoisotopic (exact) mass is 266 g/mol. The summed E-state index contributed by atoms with van der Waals surface area (Å²) in [7, 11) is 0. The molecule has 3 nitrogen and oxygen atoms in total. The zero-order valence-electron chi connectivity index (χ0n) is 10.7. The number of para-hydroxylation sites is 1. The Labute approximate surface area is 110 Å². The molecule has 0 bridgehead atoms. The van der Waals surface area contributed by atoms with Crippen molar-refractivity contribution < 1.29 is 13.9 Å². The number of aliphatic hydroxyl groups excluding tert-OH is 1. The number of fused-ring (bicyclic) bond motifs is 1. The number of pyridine rings is 1. The molecule has 1 aromatic heterocycles. The second kappa shape index (κ2) is 5.93. The Morgan fingerprint density at radius 3 is 2.74 bits per heavy atom. The lowest BCUT2D eigenvalue weighted by atomic mass is 10.1. The van der Waals surface area contributed by atoms with Crippen LogP contribution in [0, 0.1) is 6.92 Å². The normalized spacial score (nSPS) is 11.2. The van der Waals surface area contributed by atoms with E-state index in [2.05, 4.69) is 4.98 Å². The first-order valence-corrected chi connectivity index (χ1v) is 6.12. The topological polar surface area (TPSA) is 36.4 Å². The highest BCUT2D eigenvalue weighted by atomic mass is 19.3. The number of aliphatic hydroxyl groups is 1. The molecular weight excluding hydrogens is 250 g/mol. The van der Waals surface area contributed by atoms with Crippen LogP contribution >= 0.6 is 0 Å². The van der Waals surface area contributed by atoms with Gasteiger partial charge < -0.3 is 10.0 Å². The van der Waals surface area contributed by atoms with Crippen LogP contribution in [0.1, 0.15) is 5.69 Å². The number of benzene rings is 1. The molecule has 2 aromatic rings. The van der Waals surface area contributed by atoms with Crippen molar-refractivity contribution in [2.75, 3.05) is 24.6 Å². The Balaban J connectivity index is 2.51. The molecule has 0 amide bonds. The highest BCUT2D eigenvalue weighted by molar-refractivity contribution is 5.91. The summed E-state index contributed by atoms with van der Waals surface area (Å²) in [4.78, 5) is 5.88. The van der Waals surface area contributed by atoms with Crippen molar-refractivity contribution in [3.8, 4) is 0 Å². The van der Waals surface area contributed by atoms with Gasteiger partial charge in [0.1, 0.15) is 0 Å². The van der Waals surface area contributed by atoms with Gasteiger partial charge in [0.25, 0.3) is 6.43 Å². The third-order valence-corrected chi connectivity index (χ3v) is 2.89. The Morgan fingerprint density at radius 2 is 2.05 bits per heavy atom. The minimum Gasteiger partial charge on any atom is -0.395 e. The van der Waals surface area contributed by atoms with Crippen molar-refractivity contribution in [2.45, 2.75) is 13.3 Å². The Kier molecular flexibility index (Phi) is 4.27. The van der Waals surface area contributed by atoms with Crippen LogP contribution in [0.15, 0.2) is 30.3 Å². The van der Waals surface area contributed by atoms with Gasteiger partial charge in [0.2, 0.25) is 0 Å². The number of anilines is 1. The molecule has 5 heteroatoms. The maximum absolute atomic E-state index is 12.7. The Morgan fingerprint density at radius 1 is 1.32 bits per heavy atom. The number of aromatic nitrogens is 1. The van der Waals surface area contributed by atoms with E-state index < -0.39 is 13.0 Å². The second-order valence-corrected chi connectivity index (χ2v) is 4.36. The molecule has 0 fully saturated rings. The summed E-state index contributed by atoms with van der Waals surface area (Å²) < 4.78 is 25.3. The van der Waals surface area contributed by atoms with Crippen molar-refractivity contribution in [2.24, 2.45) is 0 Å². The number of aryl methyl sites for hydroxylation is 1. The first kappa shape index (κ1) is 13.7. The smallest absolute Gasteiger partial charge is 0.255 e. The standard InChI is InChI=1S/C14H16F2N2O/c1-10-8-13(18(6-7-19)9-14(15)16)11-4-2-3-5-12(11)17-10/h2-5,8,14,19H,6-7,9H2,1H3. The fraction of sp³-hybridized carbons (Fsp3) is 0.357. The summed E-state index contributed by atoms with van der Waals surface area (Å²) in [6.45, 7) is 1.45. The van der Waals surface area contributed by atoms with Crippen LogP contribution < -0.4 is 4.90 Å². The minimum absolute atomic E-state index is 0.164. The van der Waals surface area contributed by atoms with E-state index >= 15 is 0 Å². The summed E-state index contributed by atoms with van der Waals surface area (Å²) in [5, 5.41) is 9.87. The van der Waals surface area contributed by atoms with E-state index in [-0.39, 0.29) is 13.2 Å². The molecule has 0 saturated heterocycles. The molecule has 0 atom stereocenters. The van der Waals surface area contributed by atoms with E-state index in [1.165, 1.54) is 4.90 Å². The SMILES string of the molecule is Cc1cc(N(CCO)CC(F)F)c2ccccc2n1. The molecular formula is C14H16F2N2O. The number of hydrogen-bond donors (Lipinski definition) is 1. The van der Waals surface area contributed by atoms with Gasteiger partial charge in [-0.2, -0.15) is 0 Å². The second-order valence-electron chi connectivity index (χ2n) is 4.36. The summed E-state index contributed by atoms with van der Waals surface area (Å²) in [5.74, 6) is 0. The van der Waals surface area contributed by atoms with Gasteiger partial charge in [-0.15, -0.1) is 0 Å². The fourth-order valence-corrected chi connectivity index (χ4v) is 2.14. The van der Waals surface area contributed by atoms with E-state index in [0.29, 0.717) is 5.69 Å². The molecule has 0 saturated carbocycles. The van der Waals surface area contributed by atoms with E-state index in [4.69, 9.17) is 5.11 Å². The maximum atomic E-state index is 12.7. The minimum atomic E-state index is -2.45. The largest absolute Gasteiger partial charge is 0.395 e. The first-order valence-electron chi connectivity index (χ1n) is 6.12. The predicted molar refractivity (Wildman–Crippen MR) is 71.8 cm³/mol. The van der Waals surface area contributed by atoms with E-state index in [9.17, 15) is 8.78 Å². The van der Waals surface area contributed by atoms with Crippen molar-refractivity contribution in [1.29, 1.82) is 0 Å². The summed E-state index contributed by atoms with van der Waals surface area (Å²) in [6, 6.07) is 9.20. The van der Waals surface area contributed by atoms with Gasteiger partial charge in [-0.3, -0.25) is 4.98 Å². The molecule has 102 valence electrons. The average molecular weight is 266 g/mol. The number of hydrogen-bond acceptors (Lipinski definition) is 3. The molecule has 0 spiro atoms. The lowest BCUT2D eigenvalue weighted by Crippen LogP contribution is -2.31. The van der Waals surface area contributed by atoms with Crippen LogP contribution in [0.25, 0.3) is 10.9 Å². The lowest BCUT2D eigenvalue weighted by Gasteiger charge is -2.25. The van der Waals surface area contributed by atoms with Gasteiger partial charge in [0.15, 0.2) is 0 Å². The molecule has 0 aliphatic heterocycles. The summed E-state index contributed by atoms with van der Waals surface area (Å²) in [6.07, 6.45) is -2.45. The third kappa shape index (κ3) is 3.17. The molecule has 0 aliphatic carbocycles. The van der Waals surface area contributed by atoms with Crippen LogP contribution in [-0.2, 0) is 0 Å². The van der Waals surface area contributed by atoms with E-state index in [1.54, 1.807) is 6.07 Å². The zero-order valence-corrected chi connectivity index (χ0v) is 10.7. The number of halogens is 2. The number of rotatable bonds is 5. The molecule has 1 heterocycles. The molecule has 2 rings (SSSR count). The van der Waals surface area contributed by atoms with Crippen LogP contribution in [0.2, 0.25) is 0 Å². The van der Waals surface area contributed by atoms with Crippen LogP contribution in [-0.4, -0.2) is 36.2 Å². The van der Waals surface area contributed by atoms with Crippen LogP contribution in [0.4, 0.5) is 14.5 Å². The summed E-state index contributed by atoms with van der Waals surface area (Å²) >= 11 is 0. The zero-order chi connectivity index (χ0) is 13.8. The van der Waals surface area contributed by atoms with Crippen molar-refractivity contribution in [1.82, 2.24) is 4.98 Å². The van der Waals surface area contributed by atoms with Gasteiger partial charge in [-0.05, 0) is 19.1 Å². The van der Waals surface area contributed by atoms with Crippen molar-refractivity contribution in [3.63, 3.8) is 0 Å². The van der Waals surface area contributed by atoms with Crippen LogP contribution in [0.3, 0.4) is 0 Å². The van der Waals surface area contributed by atoms with Gasteiger partial charge in [0.05, 0.1) is 18.7 Å². The first-order chi connectivity index (χ1) is 9.11. The Hall–Kier alpha value is -1.75. The molecule has 0 radical (unpaired) electrons. The molecule has 1 N–H and O–H groups in total. The molecule has 0 unspecified atom stereocenters. The third-order valence-electron chi connectivity index (χ3n) is 2.89. The Bertz CT molecular complexity index is 560. The van der Waals surface area contributed by atoms with Gasteiger partial charge in [-0.1, -0.05) is 18.2 Å². The molecule has 0 aliphatic rings. The van der Waals surface area contributed by atoms with Crippen molar-refractivity contribution in [3.05, 3.63) is 36.0 Å². The van der Waals surface area contributed by atoms with E-state index in [1.807, 2.05) is 31.2 Å². The molecule has 1 aromatic carbocycles. The van der Waals surface area contributed by atoms with Crippen molar-refractivity contribution >= 4 is 16.6 Å². The fourth-order valence-electron chi connectivity index (χ4n) is 2.14. The number of nitrogens with zero attached hydrogens (tertiary/aromatic N) is 2. The van der Waals surface area contributed by atoms with Crippen LogP contribution in [0.5, 0.6) is 0 Å². The van der Waals surface area contributed by atoms with Gasteiger partial charge in [-0.25, -0.2) is 8.78 Å². The van der Waals surface area contributed by atoms with Gasteiger partial charge in [0, 0.05) is 23.3 Å². The average Bonchev–Trinajstić information content (AvgIpc) is 2.36. The van der Waals surface area contributed by atoms with E-state index in [0.717, 1.165) is 16.6 Å². The van der Waals surface area contributed by atoms with Gasteiger partial charge >= 0.3 is 0 Å². The number of alkyl halides is 2. The summed E-state index contributed by atoms with van der Waals surface area (Å²) in [5.41, 5.74) is 2.23.